The number of hydrogen-bond acceptors (Lipinski definition) is 2. The minimum Gasteiger partial charge on any atom is -0.478 e. The number of carboxylic acid groups (broad SMARTS) is 2. The van der Waals surface area contributed by atoms with Crippen molar-refractivity contribution in [3.63, 3.8) is 0 Å². The second-order valence-corrected chi connectivity index (χ2v) is 5.31. The van der Waals surface area contributed by atoms with Gasteiger partial charge < -0.3 is 10.2 Å². The summed E-state index contributed by atoms with van der Waals surface area (Å²) in [6.45, 7) is 0. The molecule has 0 spiro atoms. The zero-order chi connectivity index (χ0) is 23.9. The van der Waals surface area contributed by atoms with Gasteiger partial charge in [0.05, 0.1) is 0 Å². The lowest BCUT2D eigenvalue weighted by Crippen LogP contribution is -2.70. The number of aliphatic carboxylic acids is 2. The van der Waals surface area contributed by atoms with Crippen molar-refractivity contribution >= 4 is 11.9 Å². The van der Waals surface area contributed by atoms with Crippen molar-refractivity contribution in [2.45, 2.75) is 48.6 Å². The Kier molecular flexibility index (Phi) is 6.97. The number of alkyl halides is 13. The zero-order valence-corrected chi connectivity index (χ0v) is 13.1. The Labute approximate surface area is 150 Å². The molecule has 0 aliphatic heterocycles. The van der Waals surface area contributed by atoms with Gasteiger partial charge in [-0.15, -0.1) is 0 Å². The van der Waals surface area contributed by atoms with E-state index in [9.17, 15) is 66.7 Å². The number of hydrogen-bond donors (Lipinski definition) is 2. The van der Waals surface area contributed by atoms with Crippen LogP contribution in [0.25, 0.3) is 0 Å². The van der Waals surface area contributed by atoms with Crippen molar-refractivity contribution in [3.8, 4) is 0 Å². The number of halogens is 13. The molecule has 2 N–H and O–H groups in total. The molecular formula is C12H7F13O4. The SMILES string of the molecule is O=C(O)/C=C(/CCC(F)(F)C(F)(F)C(F)(F)C(F)(F)C(F)(F)C(F)(F)F)C(=O)O. The summed E-state index contributed by atoms with van der Waals surface area (Å²) in [5.74, 6) is -42.4. The fraction of sp³-hybridized carbons (Fsp3) is 0.667. The van der Waals surface area contributed by atoms with Crippen LogP contribution in [0.2, 0.25) is 0 Å². The van der Waals surface area contributed by atoms with Crippen molar-refractivity contribution in [1.29, 1.82) is 0 Å². The first-order valence-corrected chi connectivity index (χ1v) is 6.60. The van der Waals surface area contributed by atoms with Gasteiger partial charge in [0.1, 0.15) is 0 Å². The summed E-state index contributed by atoms with van der Waals surface area (Å²) in [5.41, 5.74) is -1.62. The molecule has 0 aromatic heterocycles. The Morgan fingerprint density at radius 1 is 0.655 bits per heavy atom. The van der Waals surface area contributed by atoms with Gasteiger partial charge in [0, 0.05) is 18.1 Å². The molecule has 0 atom stereocenters. The predicted octanol–water partition coefficient (Wildman–Crippen LogP) is 4.60. The maximum absolute atomic E-state index is 13.4. The van der Waals surface area contributed by atoms with E-state index in [2.05, 4.69) is 0 Å². The Hall–Kier alpha value is -2.23. The summed E-state index contributed by atoms with van der Waals surface area (Å²) in [6.07, 6.45) is -12.7. The minimum atomic E-state index is -8.06. The summed E-state index contributed by atoms with van der Waals surface area (Å²) in [7, 11) is 0. The van der Waals surface area contributed by atoms with Crippen molar-refractivity contribution in [1.82, 2.24) is 0 Å². The highest BCUT2D eigenvalue weighted by Gasteiger charge is 2.90. The van der Waals surface area contributed by atoms with Crippen LogP contribution in [0.1, 0.15) is 12.8 Å². The molecule has 170 valence electrons. The van der Waals surface area contributed by atoms with Gasteiger partial charge in [0.15, 0.2) is 0 Å². The normalized spacial score (nSPS) is 15.4. The standard InChI is InChI=1S/C12H7F13O4/c13-7(14,2-1-4(6(28)29)3-5(26)27)8(15,16)9(17,18)10(19,20)11(21,22)12(23,24)25/h3H,1-2H2,(H,26,27)(H,28,29)/b4-3-. The van der Waals surface area contributed by atoms with Crippen molar-refractivity contribution in [2.75, 3.05) is 0 Å². The summed E-state index contributed by atoms with van der Waals surface area (Å²) in [5, 5.41) is 16.7. The van der Waals surface area contributed by atoms with Crippen LogP contribution in [0.5, 0.6) is 0 Å². The molecule has 4 nitrogen and oxygen atoms in total. The van der Waals surface area contributed by atoms with Crippen molar-refractivity contribution < 1.29 is 76.9 Å². The van der Waals surface area contributed by atoms with Crippen LogP contribution in [0, 0.1) is 0 Å². The number of carboxylic acids is 2. The Morgan fingerprint density at radius 2 is 1.03 bits per heavy atom. The van der Waals surface area contributed by atoms with E-state index >= 15 is 0 Å². The van der Waals surface area contributed by atoms with Crippen LogP contribution in [0.4, 0.5) is 57.1 Å². The smallest absolute Gasteiger partial charge is 0.460 e. The fourth-order valence-electron chi connectivity index (χ4n) is 1.64. The molecular weight excluding hydrogens is 455 g/mol. The lowest BCUT2D eigenvalue weighted by atomic mass is 9.91. The third-order valence-electron chi connectivity index (χ3n) is 3.28. The van der Waals surface area contributed by atoms with E-state index in [0.29, 0.717) is 0 Å². The van der Waals surface area contributed by atoms with Gasteiger partial charge in [-0.05, 0) is 6.42 Å². The van der Waals surface area contributed by atoms with E-state index in [1.807, 2.05) is 0 Å². The molecule has 0 aliphatic rings. The van der Waals surface area contributed by atoms with Gasteiger partial charge in [-0.3, -0.25) is 0 Å². The molecule has 0 aliphatic carbocycles. The highest BCUT2D eigenvalue weighted by atomic mass is 19.4. The molecule has 0 saturated carbocycles. The largest absolute Gasteiger partial charge is 0.478 e. The first-order chi connectivity index (χ1) is 12.5. The highest BCUT2D eigenvalue weighted by Crippen LogP contribution is 2.60. The molecule has 0 rings (SSSR count). The molecule has 0 saturated heterocycles. The van der Waals surface area contributed by atoms with Crippen LogP contribution in [-0.2, 0) is 9.59 Å². The quantitative estimate of drug-likeness (QED) is 0.388. The summed E-state index contributed by atoms with van der Waals surface area (Å²) in [4.78, 5) is 20.8. The van der Waals surface area contributed by atoms with Gasteiger partial charge >= 0.3 is 47.7 Å². The molecule has 0 heterocycles. The molecule has 29 heavy (non-hydrogen) atoms. The lowest BCUT2D eigenvalue weighted by molar-refractivity contribution is -0.440. The molecule has 0 aromatic rings. The fourth-order valence-corrected chi connectivity index (χ4v) is 1.64. The summed E-state index contributed by atoms with van der Waals surface area (Å²) < 4.78 is 167. The Balaban J connectivity index is 6.11. The van der Waals surface area contributed by atoms with Crippen LogP contribution in [0.15, 0.2) is 11.6 Å². The first kappa shape index (κ1) is 26.8. The second-order valence-electron chi connectivity index (χ2n) is 5.31. The van der Waals surface area contributed by atoms with Gasteiger partial charge in [0.25, 0.3) is 0 Å². The molecule has 0 radical (unpaired) electrons. The predicted molar refractivity (Wildman–Crippen MR) is 63.4 cm³/mol. The van der Waals surface area contributed by atoms with E-state index in [4.69, 9.17) is 10.2 Å². The van der Waals surface area contributed by atoms with E-state index in [-0.39, 0.29) is 6.08 Å². The molecule has 0 aromatic carbocycles. The van der Waals surface area contributed by atoms with Crippen LogP contribution < -0.4 is 0 Å². The van der Waals surface area contributed by atoms with Crippen LogP contribution in [0.3, 0.4) is 0 Å². The Morgan fingerprint density at radius 3 is 1.34 bits per heavy atom. The van der Waals surface area contributed by atoms with E-state index < -0.39 is 66.1 Å². The van der Waals surface area contributed by atoms with Crippen LogP contribution >= 0.6 is 0 Å². The molecule has 17 heteroatoms. The Bertz CT molecular complexity index is 678. The number of carbonyl (C=O) groups is 2. The van der Waals surface area contributed by atoms with Gasteiger partial charge in [0.2, 0.25) is 0 Å². The first-order valence-electron chi connectivity index (χ1n) is 6.60. The average molecular weight is 462 g/mol. The van der Waals surface area contributed by atoms with Crippen molar-refractivity contribution in [3.05, 3.63) is 11.6 Å². The van der Waals surface area contributed by atoms with Crippen LogP contribution in [-0.4, -0.2) is 57.9 Å². The monoisotopic (exact) mass is 462 g/mol. The molecule has 0 amide bonds. The van der Waals surface area contributed by atoms with E-state index in [0.717, 1.165) is 0 Å². The summed E-state index contributed by atoms with van der Waals surface area (Å²) in [6, 6.07) is 0. The maximum Gasteiger partial charge on any atom is 0.460 e. The van der Waals surface area contributed by atoms with Gasteiger partial charge in [-0.2, -0.15) is 57.1 Å². The second kappa shape index (κ2) is 7.55. The maximum atomic E-state index is 13.4. The zero-order valence-electron chi connectivity index (χ0n) is 13.1. The topological polar surface area (TPSA) is 74.6 Å². The third kappa shape index (κ3) is 4.52. The minimum absolute atomic E-state index is 0.360. The highest BCUT2D eigenvalue weighted by molar-refractivity contribution is 5.94. The molecule has 0 unspecified atom stereocenters. The van der Waals surface area contributed by atoms with Gasteiger partial charge in [-0.25, -0.2) is 9.59 Å². The van der Waals surface area contributed by atoms with E-state index in [1.165, 1.54) is 0 Å². The average Bonchev–Trinajstić information content (AvgIpc) is 2.48. The van der Waals surface area contributed by atoms with E-state index in [1.54, 1.807) is 0 Å². The number of rotatable bonds is 9. The van der Waals surface area contributed by atoms with Gasteiger partial charge in [-0.1, -0.05) is 0 Å². The molecule has 0 bridgehead atoms. The third-order valence-corrected chi connectivity index (χ3v) is 3.28. The summed E-state index contributed by atoms with van der Waals surface area (Å²) >= 11 is 0. The lowest BCUT2D eigenvalue weighted by Gasteiger charge is -2.39. The van der Waals surface area contributed by atoms with Crippen molar-refractivity contribution in [2.24, 2.45) is 0 Å². The molecule has 0 fully saturated rings.